The van der Waals surface area contributed by atoms with Gasteiger partial charge in [0.1, 0.15) is 16.5 Å². The largest absolute Gasteiger partial charge is 0.495 e. The molecule has 1 N–H and O–H groups in total. The van der Waals surface area contributed by atoms with E-state index in [1.807, 2.05) is 13.0 Å². The molecular formula is C22H16N6O5S. The lowest BCUT2D eigenvalue weighted by Gasteiger charge is -2.10. The van der Waals surface area contributed by atoms with Gasteiger partial charge >= 0.3 is 0 Å². The molecule has 5 rings (SSSR count). The number of ether oxygens (including phenoxy) is 1. The number of hydrogen-bond acceptors (Lipinski definition) is 9. The van der Waals surface area contributed by atoms with Crippen molar-refractivity contribution in [3.8, 4) is 27.6 Å². The number of nitrogens with zero attached hydrogens (tertiary/aromatic N) is 5. The number of nitro groups is 1. The molecule has 3 aromatic heterocycles. The van der Waals surface area contributed by atoms with Gasteiger partial charge in [-0.25, -0.2) is 0 Å². The zero-order valence-electron chi connectivity index (χ0n) is 17.9. The van der Waals surface area contributed by atoms with Crippen LogP contribution in [0.2, 0.25) is 0 Å². The van der Waals surface area contributed by atoms with Crippen LogP contribution >= 0.6 is 11.3 Å². The highest BCUT2D eigenvalue weighted by Crippen LogP contribution is 2.33. The minimum atomic E-state index is -0.499. The summed E-state index contributed by atoms with van der Waals surface area (Å²) in [5.41, 5.74) is 1.62. The maximum absolute atomic E-state index is 12.9. The minimum Gasteiger partial charge on any atom is -0.495 e. The number of nitrogens with one attached hydrogen (secondary N) is 1. The summed E-state index contributed by atoms with van der Waals surface area (Å²) in [6.45, 7) is 1.81. The molecule has 5 aromatic rings. The van der Waals surface area contributed by atoms with E-state index >= 15 is 0 Å². The number of fused-ring (bicyclic) bond motifs is 1. The van der Waals surface area contributed by atoms with Crippen LogP contribution in [-0.4, -0.2) is 37.8 Å². The lowest BCUT2D eigenvalue weighted by Crippen LogP contribution is -2.11. The molecule has 34 heavy (non-hydrogen) atoms. The zero-order valence-corrected chi connectivity index (χ0v) is 18.7. The van der Waals surface area contributed by atoms with Crippen molar-refractivity contribution in [3.05, 3.63) is 76.3 Å². The van der Waals surface area contributed by atoms with Crippen molar-refractivity contribution >= 4 is 33.6 Å². The third-order valence-corrected chi connectivity index (χ3v) is 5.96. The Morgan fingerprint density at radius 3 is 2.76 bits per heavy atom. The Morgan fingerprint density at radius 2 is 2.00 bits per heavy atom. The van der Waals surface area contributed by atoms with Crippen molar-refractivity contribution in [2.24, 2.45) is 0 Å². The summed E-state index contributed by atoms with van der Waals surface area (Å²) in [4.78, 5) is 24.1. The molecule has 170 valence electrons. The normalized spacial score (nSPS) is 11.0. The number of hydrogen-bond donors (Lipinski definition) is 1. The fraction of sp³-hybridized carbons (Fsp3) is 0.0909. The van der Waals surface area contributed by atoms with Gasteiger partial charge in [-0.2, -0.15) is 9.61 Å². The number of methoxy groups -OCH3 is 1. The highest BCUT2D eigenvalue weighted by Gasteiger charge is 2.18. The van der Waals surface area contributed by atoms with E-state index in [4.69, 9.17) is 9.15 Å². The highest BCUT2D eigenvalue weighted by atomic mass is 32.1. The Kier molecular flexibility index (Phi) is 5.26. The van der Waals surface area contributed by atoms with Crippen LogP contribution < -0.4 is 10.1 Å². The Hall–Kier alpha value is -4.58. The maximum atomic E-state index is 12.9. The van der Waals surface area contributed by atoms with Gasteiger partial charge in [-0.15, -0.1) is 10.2 Å². The van der Waals surface area contributed by atoms with Gasteiger partial charge in [0, 0.05) is 23.3 Å². The van der Waals surface area contributed by atoms with Gasteiger partial charge in [-0.05, 0) is 37.3 Å². The van der Waals surface area contributed by atoms with Gasteiger partial charge < -0.3 is 14.5 Å². The van der Waals surface area contributed by atoms with Crippen molar-refractivity contribution in [2.75, 3.05) is 12.4 Å². The van der Waals surface area contributed by atoms with Gasteiger partial charge in [0.05, 0.1) is 17.7 Å². The monoisotopic (exact) mass is 476 g/mol. The Bertz CT molecular complexity index is 1550. The first-order chi connectivity index (χ1) is 16.4. The van der Waals surface area contributed by atoms with Crippen molar-refractivity contribution in [1.29, 1.82) is 0 Å². The third kappa shape index (κ3) is 3.86. The molecule has 0 spiro atoms. The van der Waals surface area contributed by atoms with E-state index in [-0.39, 0.29) is 11.4 Å². The van der Waals surface area contributed by atoms with Crippen molar-refractivity contribution in [3.63, 3.8) is 0 Å². The van der Waals surface area contributed by atoms with Crippen LogP contribution in [0.5, 0.6) is 5.75 Å². The van der Waals surface area contributed by atoms with Crippen LogP contribution in [0.15, 0.2) is 59.0 Å². The summed E-state index contributed by atoms with van der Waals surface area (Å²) in [6.07, 6.45) is 0. The lowest BCUT2D eigenvalue weighted by molar-refractivity contribution is -0.384. The number of carbonyl (C=O) groups excluding carboxylic acids is 1. The van der Waals surface area contributed by atoms with Crippen LogP contribution in [0.3, 0.4) is 0 Å². The molecule has 3 heterocycles. The smallest absolute Gasteiger partial charge is 0.291 e. The second kappa shape index (κ2) is 8.41. The Labute approximate surface area is 195 Å². The van der Waals surface area contributed by atoms with Gasteiger partial charge in [0.25, 0.3) is 11.6 Å². The first kappa shape index (κ1) is 21.3. The summed E-state index contributed by atoms with van der Waals surface area (Å²) in [7, 11) is 1.50. The predicted molar refractivity (Wildman–Crippen MR) is 124 cm³/mol. The van der Waals surface area contributed by atoms with Crippen LogP contribution in [0, 0.1) is 17.0 Å². The summed E-state index contributed by atoms with van der Waals surface area (Å²) >= 11 is 1.37. The Balaban J connectivity index is 1.41. The first-order valence-corrected chi connectivity index (χ1v) is 10.8. The zero-order chi connectivity index (χ0) is 23.8. The molecule has 0 fully saturated rings. The predicted octanol–water partition coefficient (Wildman–Crippen LogP) is 4.59. The second-order valence-electron chi connectivity index (χ2n) is 7.19. The van der Waals surface area contributed by atoms with Crippen molar-refractivity contribution in [2.45, 2.75) is 6.92 Å². The average molecular weight is 476 g/mol. The van der Waals surface area contributed by atoms with E-state index in [0.29, 0.717) is 38.6 Å². The van der Waals surface area contributed by atoms with Gasteiger partial charge in [0.2, 0.25) is 4.96 Å². The number of furan rings is 1. The number of rotatable bonds is 6. The Morgan fingerprint density at radius 1 is 1.15 bits per heavy atom. The number of amides is 1. The molecule has 2 aromatic carbocycles. The van der Waals surface area contributed by atoms with E-state index in [9.17, 15) is 14.9 Å². The fourth-order valence-electron chi connectivity index (χ4n) is 3.34. The number of benzene rings is 2. The number of nitro benzene ring substituents is 1. The minimum absolute atomic E-state index is 0.0448. The summed E-state index contributed by atoms with van der Waals surface area (Å²) < 4.78 is 12.7. The molecule has 0 saturated heterocycles. The molecule has 12 heteroatoms. The van der Waals surface area contributed by atoms with Crippen LogP contribution in [0.4, 0.5) is 11.4 Å². The van der Waals surface area contributed by atoms with Gasteiger partial charge in [0.15, 0.2) is 11.6 Å². The number of carbonyl (C=O) groups is 1. The summed E-state index contributed by atoms with van der Waals surface area (Å²) in [6, 6.07) is 14.4. The fourth-order valence-corrected chi connectivity index (χ4v) is 4.22. The molecular weight excluding hydrogens is 460 g/mol. The quantitative estimate of drug-likeness (QED) is 0.277. The molecule has 0 radical (unpaired) electrons. The average Bonchev–Trinajstić information content (AvgIpc) is 3.57. The summed E-state index contributed by atoms with van der Waals surface area (Å²) in [5, 5.41) is 27.1. The first-order valence-electron chi connectivity index (χ1n) is 9.96. The van der Waals surface area contributed by atoms with Crippen LogP contribution in [0.1, 0.15) is 16.4 Å². The van der Waals surface area contributed by atoms with Crippen molar-refractivity contribution < 1.29 is 18.9 Å². The molecule has 0 aliphatic rings. The van der Waals surface area contributed by atoms with E-state index in [2.05, 4.69) is 20.6 Å². The van der Waals surface area contributed by atoms with Crippen LogP contribution in [-0.2, 0) is 0 Å². The number of non-ortho nitro benzene ring substituents is 1. The third-order valence-electron chi connectivity index (χ3n) is 5.01. The van der Waals surface area contributed by atoms with E-state index < -0.39 is 10.8 Å². The molecule has 11 nitrogen and oxygen atoms in total. The maximum Gasteiger partial charge on any atom is 0.291 e. The SMILES string of the molecule is COc1ccc(-c2nn3c(C)nnc3s2)cc1NC(=O)c1ccc(-c2cccc([N+](=O)[O-])c2)o1. The van der Waals surface area contributed by atoms with Crippen LogP contribution in [0.25, 0.3) is 26.9 Å². The number of aryl methyl sites for hydroxylation is 1. The summed E-state index contributed by atoms with van der Waals surface area (Å²) in [5.74, 6) is 1.02. The lowest BCUT2D eigenvalue weighted by atomic mass is 10.1. The molecule has 1 amide bonds. The molecule has 0 aliphatic heterocycles. The van der Waals surface area contributed by atoms with Gasteiger partial charge in [-0.3, -0.25) is 14.9 Å². The number of aromatic nitrogens is 4. The topological polar surface area (TPSA) is 138 Å². The molecule has 0 atom stereocenters. The van der Waals surface area contributed by atoms with E-state index in [0.717, 1.165) is 5.56 Å². The standard InChI is InChI=1S/C22H16N6O5S/c1-12-24-25-22-27(12)26-21(34-22)14-6-7-18(32-2)16(11-14)23-20(29)19-9-8-17(33-19)13-4-3-5-15(10-13)28(30)31/h3-11H,1-2H3,(H,23,29). The molecule has 0 unspecified atom stereocenters. The molecule has 0 bridgehead atoms. The van der Waals surface area contributed by atoms with E-state index in [1.165, 1.54) is 36.6 Å². The molecule has 0 aliphatic carbocycles. The van der Waals surface area contributed by atoms with E-state index in [1.54, 1.807) is 34.8 Å². The van der Waals surface area contributed by atoms with Crippen molar-refractivity contribution in [1.82, 2.24) is 19.8 Å². The highest BCUT2D eigenvalue weighted by molar-refractivity contribution is 7.19. The number of anilines is 1. The second-order valence-corrected chi connectivity index (χ2v) is 8.15. The molecule has 0 saturated carbocycles. The van der Waals surface area contributed by atoms with Gasteiger partial charge in [-0.1, -0.05) is 23.5 Å².